The Hall–Kier alpha value is -2.68. The summed E-state index contributed by atoms with van der Waals surface area (Å²) >= 11 is 6.52. The van der Waals surface area contributed by atoms with Crippen molar-refractivity contribution in [2.45, 2.75) is 6.92 Å². The van der Waals surface area contributed by atoms with E-state index in [2.05, 4.69) is 36.2 Å². The summed E-state index contributed by atoms with van der Waals surface area (Å²) in [6.07, 6.45) is 1.75. The second kappa shape index (κ2) is 7.29. The maximum atomic E-state index is 13.0. The molecule has 5 rings (SSSR count). The lowest BCUT2D eigenvalue weighted by atomic mass is 10.1. The highest BCUT2D eigenvalue weighted by molar-refractivity contribution is 9.10. The first-order valence-corrected chi connectivity index (χ1v) is 11.2. The largest absolute Gasteiger partial charge is 0.296 e. The summed E-state index contributed by atoms with van der Waals surface area (Å²) in [4.78, 5) is 27.4. The molecule has 0 aliphatic carbocycles. The summed E-state index contributed by atoms with van der Waals surface area (Å²) < 4.78 is 1.88. The molecule has 0 aliphatic heterocycles. The average molecular weight is 481 g/mol. The van der Waals surface area contributed by atoms with Crippen molar-refractivity contribution >= 4 is 70.8 Å². The molecule has 1 amide bonds. The van der Waals surface area contributed by atoms with Crippen LogP contribution < -0.4 is 5.32 Å². The second-order valence-electron chi connectivity index (χ2n) is 6.35. The van der Waals surface area contributed by atoms with Crippen molar-refractivity contribution in [3.63, 3.8) is 0 Å². The second-order valence-corrected chi connectivity index (χ2v) is 9.44. The van der Waals surface area contributed by atoms with Gasteiger partial charge >= 0.3 is 0 Å². The molecular formula is C21H13BrN4OS2. The first kappa shape index (κ1) is 18.4. The molecule has 5 aromatic rings. The summed E-state index contributed by atoms with van der Waals surface area (Å²) in [7, 11) is 0. The predicted molar refractivity (Wildman–Crippen MR) is 123 cm³/mol. The molecule has 3 aromatic heterocycles. The van der Waals surface area contributed by atoms with E-state index in [0.29, 0.717) is 10.8 Å². The number of fused-ring (bicyclic) bond motifs is 3. The van der Waals surface area contributed by atoms with Gasteiger partial charge in [-0.1, -0.05) is 41.7 Å². The Labute approximate surface area is 182 Å². The summed E-state index contributed by atoms with van der Waals surface area (Å²) in [5, 5.41) is 5.27. The van der Waals surface area contributed by atoms with Gasteiger partial charge in [-0.05, 0) is 46.6 Å². The molecule has 0 radical (unpaired) electrons. The molecule has 2 aromatic carbocycles. The molecule has 0 unspecified atom stereocenters. The van der Waals surface area contributed by atoms with Gasteiger partial charge in [0, 0.05) is 16.1 Å². The number of aromatic nitrogens is 3. The number of carbonyl (C=O) groups excluding carboxylic acids is 1. The summed E-state index contributed by atoms with van der Waals surface area (Å²) in [6.45, 7) is 1.90. The number of hydrogen-bond acceptors (Lipinski definition) is 6. The van der Waals surface area contributed by atoms with Crippen LogP contribution in [0.15, 0.2) is 59.2 Å². The van der Waals surface area contributed by atoms with Gasteiger partial charge in [0.25, 0.3) is 5.91 Å². The van der Waals surface area contributed by atoms with E-state index in [1.165, 1.54) is 22.7 Å². The van der Waals surface area contributed by atoms with E-state index in [1.807, 2.05) is 55.5 Å². The van der Waals surface area contributed by atoms with Crippen molar-refractivity contribution in [1.29, 1.82) is 0 Å². The van der Waals surface area contributed by atoms with E-state index in [9.17, 15) is 4.79 Å². The van der Waals surface area contributed by atoms with Gasteiger partial charge in [0.2, 0.25) is 0 Å². The molecule has 5 nitrogen and oxygen atoms in total. The van der Waals surface area contributed by atoms with Gasteiger partial charge < -0.3 is 0 Å². The minimum atomic E-state index is -0.256. The smallest absolute Gasteiger partial charge is 0.277 e. The lowest BCUT2D eigenvalue weighted by molar-refractivity contribution is 0.102. The van der Waals surface area contributed by atoms with Crippen LogP contribution in [0, 0.1) is 6.92 Å². The van der Waals surface area contributed by atoms with Crippen molar-refractivity contribution < 1.29 is 4.79 Å². The van der Waals surface area contributed by atoms with Gasteiger partial charge in [0.1, 0.15) is 5.69 Å². The third-order valence-electron chi connectivity index (χ3n) is 4.41. The zero-order valence-corrected chi connectivity index (χ0v) is 18.4. The molecular weight excluding hydrogens is 468 g/mol. The highest BCUT2D eigenvalue weighted by Crippen LogP contribution is 2.36. The monoisotopic (exact) mass is 480 g/mol. The lowest BCUT2D eigenvalue weighted by Crippen LogP contribution is -2.13. The number of hydrogen-bond donors (Lipinski definition) is 1. The van der Waals surface area contributed by atoms with Crippen molar-refractivity contribution in [1.82, 2.24) is 15.0 Å². The first-order chi connectivity index (χ1) is 14.1. The van der Waals surface area contributed by atoms with E-state index < -0.39 is 0 Å². The number of aryl methyl sites for hydroxylation is 1. The maximum Gasteiger partial charge on any atom is 0.277 e. The molecule has 3 heterocycles. The summed E-state index contributed by atoms with van der Waals surface area (Å²) in [6, 6.07) is 15.7. The Morgan fingerprint density at radius 1 is 1.03 bits per heavy atom. The number of halogens is 1. The number of thiazole rings is 2. The van der Waals surface area contributed by atoms with Crippen LogP contribution in [0.2, 0.25) is 0 Å². The number of benzene rings is 2. The number of rotatable bonds is 3. The first-order valence-electron chi connectivity index (χ1n) is 8.78. The summed E-state index contributed by atoms with van der Waals surface area (Å²) in [5.74, 6) is -0.256. The molecule has 1 N–H and O–H groups in total. The maximum absolute atomic E-state index is 13.0. The quantitative estimate of drug-likeness (QED) is 0.329. The number of carbonyl (C=O) groups is 1. The highest BCUT2D eigenvalue weighted by Gasteiger charge is 2.20. The van der Waals surface area contributed by atoms with Crippen LogP contribution >= 0.6 is 38.6 Å². The SMILES string of the molecule is Cc1nc(C(=O)Nc2nc3c(cc(Br)c4ncccc43)s2)c(-c2ccccc2)s1. The van der Waals surface area contributed by atoms with E-state index in [1.54, 1.807) is 6.20 Å². The Kier molecular flexibility index (Phi) is 4.61. The van der Waals surface area contributed by atoms with E-state index in [0.717, 1.165) is 41.0 Å². The van der Waals surface area contributed by atoms with Gasteiger partial charge in [0.05, 0.1) is 25.6 Å². The van der Waals surface area contributed by atoms with Crippen LogP contribution in [0.25, 0.3) is 31.6 Å². The zero-order chi connectivity index (χ0) is 20.0. The van der Waals surface area contributed by atoms with Crippen LogP contribution in [0.3, 0.4) is 0 Å². The summed E-state index contributed by atoms with van der Waals surface area (Å²) in [5.41, 5.74) is 3.08. The van der Waals surface area contributed by atoms with Gasteiger partial charge in [-0.2, -0.15) is 0 Å². The molecule has 0 aliphatic rings. The van der Waals surface area contributed by atoms with Crippen LogP contribution in [-0.4, -0.2) is 20.9 Å². The molecule has 0 spiro atoms. The van der Waals surface area contributed by atoms with E-state index in [-0.39, 0.29) is 5.91 Å². The number of anilines is 1. The fourth-order valence-electron chi connectivity index (χ4n) is 3.17. The van der Waals surface area contributed by atoms with E-state index in [4.69, 9.17) is 0 Å². The molecule has 0 saturated heterocycles. The minimum Gasteiger partial charge on any atom is -0.296 e. The average Bonchev–Trinajstić information content (AvgIpc) is 3.32. The molecule has 0 saturated carbocycles. The highest BCUT2D eigenvalue weighted by atomic mass is 79.9. The van der Waals surface area contributed by atoms with Crippen LogP contribution in [0.4, 0.5) is 5.13 Å². The number of pyridine rings is 1. The third kappa shape index (κ3) is 3.33. The van der Waals surface area contributed by atoms with Crippen LogP contribution in [0.5, 0.6) is 0 Å². The third-order valence-corrected chi connectivity index (χ3v) is 6.95. The Morgan fingerprint density at radius 2 is 1.86 bits per heavy atom. The van der Waals surface area contributed by atoms with Gasteiger partial charge in [-0.25, -0.2) is 9.97 Å². The van der Waals surface area contributed by atoms with Gasteiger partial charge in [-0.3, -0.25) is 15.1 Å². The van der Waals surface area contributed by atoms with Crippen molar-refractivity contribution in [2.24, 2.45) is 0 Å². The normalized spacial score (nSPS) is 11.2. The fraction of sp³-hybridized carbons (Fsp3) is 0.0476. The zero-order valence-electron chi connectivity index (χ0n) is 15.1. The number of nitrogens with one attached hydrogen (secondary N) is 1. The topological polar surface area (TPSA) is 67.8 Å². The van der Waals surface area contributed by atoms with Crippen LogP contribution in [-0.2, 0) is 0 Å². The Morgan fingerprint density at radius 3 is 2.69 bits per heavy atom. The minimum absolute atomic E-state index is 0.256. The van der Waals surface area contributed by atoms with Crippen molar-refractivity contribution in [3.8, 4) is 10.4 Å². The molecule has 29 heavy (non-hydrogen) atoms. The Bertz CT molecular complexity index is 1380. The number of nitrogens with zero attached hydrogens (tertiary/aromatic N) is 3. The molecule has 142 valence electrons. The molecule has 0 bridgehead atoms. The van der Waals surface area contributed by atoms with E-state index >= 15 is 0 Å². The number of amides is 1. The van der Waals surface area contributed by atoms with Gasteiger partial charge in [0.15, 0.2) is 5.13 Å². The predicted octanol–water partition coefficient (Wildman–Crippen LogP) is 6.29. The van der Waals surface area contributed by atoms with Gasteiger partial charge in [-0.15, -0.1) is 11.3 Å². The van der Waals surface area contributed by atoms with Crippen molar-refractivity contribution in [3.05, 3.63) is 69.9 Å². The van der Waals surface area contributed by atoms with Crippen molar-refractivity contribution in [2.75, 3.05) is 5.32 Å². The Balaban J connectivity index is 1.54. The lowest BCUT2D eigenvalue weighted by Gasteiger charge is -2.02. The molecule has 0 fully saturated rings. The van der Waals surface area contributed by atoms with Crippen LogP contribution in [0.1, 0.15) is 15.5 Å². The molecule has 0 atom stereocenters. The molecule has 8 heteroatoms. The fourth-order valence-corrected chi connectivity index (χ4v) is 5.70. The standard InChI is InChI=1S/C21H13BrN4OS2/c1-11-24-18(19(28-11)12-6-3-2-4-7-12)20(27)26-21-25-17-13-8-5-9-23-16(13)14(22)10-15(17)29-21/h2-10H,1H3,(H,25,26,27).